The number of nitrogens with zero attached hydrogens (tertiary/aromatic N) is 3. The van der Waals surface area contributed by atoms with Crippen LogP contribution in [0.3, 0.4) is 0 Å². The second-order valence-corrected chi connectivity index (χ2v) is 6.58. The van der Waals surface area contributed by atoms with Crippen LogP contribution in [0.25, 0.3) is 11.5 Å². The van der Waals surface area contributed by atoms with E-state index in [4.69, 9.17) is 4.52 Å². The van der Waals surface area contributed by atoms with Crippen LogP contribution >= 0.6 is 0 Å². The van der Waals surface area contributed by atoms with Gasteiger partial charge in [-0.3, -0.25) is 0 Å². The first-order chi connectivity index (χ1) is 11.5. The van der Waals surface area contributed by atoms with Crippen LogP contribution in [-0.2, 0) is 6.18 Å². The lowest BCUT2D eigenvalue weighted by molar-refractivity contribution is -0.137. The zero-order chi connectivity index (χ0) is 16.7. The molecule has 4 rings (SSSR count). The zero-order valence-electron chi connectivity index (χ0n) is 13.1. The number of alkyl halides is 3. The van der Waals surface area contributed by atoms with Gasteiger partial charge < -0.3 is 9.42 Å². The van der Waals surface area contributed by atoms with Gasteiger partial charge >= 0.3 is 6.18 Å². The second kappa shape index (κ2) is 5.88. The number of halogens is 3. The molecule has 0 spiro atoms. The molecule has 2 heterocycles. The zero-order valence-corrected chi connectivity index (χ0v) is 13.1. The molecule has 24 heavy (non-hydrogen) atoms. The first-order valence-corrected chi connectivity index (χ1v) is 8.26. The Bertz CT molecular complexity index is 716. The summed E-state index contributed by atoms with van der Waals surface area (Å²) in [6.07, 6.45) is 0.157. The van der Waals surface area contributed by atoms with Crippen molar-refractivity contribution in [2.24, 2.45) is 0 Å². The molecule has 2 aromatic rings. The van der Waals surface area contributed by atoms with Crippen LogP contribution in [0.5, 0.6) is 0 Å². The average molecular weight is 337 g/mol. The Morgan fingerprint density at radius 3 is 2.50 bits per heavy atom. The van der Waals surface area contributed by atoms with Gasteiger partial charge in [0, 0.05) is 17.5 Å². The van der Waals surface area contributed by atoms with Crippen molar-refractivity contribution in [1.29, 1.82) is 0 Å². The third kappa shape index (κ3) is 3.17. The molecule has 1 aromatic carbocycles. The van der Waals surface area contributed by atoms with Gasteiger partial charge in [-0.1, -0.05) is 11.2 Å². The minimum absolute atomic E-state index is 0.153. The summed E-state index contributed by atoms with van der Waals surface area (Å²) in [7, 11) is 0. The molecule has 1 aliphatic carbocycles. The van der Waals surface area contributed by atoms with Gasteiger partial charge in [-0.2, -0.15) is 18.2 Å². The van der Waals surface area contributed by atoms with Crippen LogP contribution in [0.2, 0.25) is 0 Å². The molecule has 0 radical (unpaired) electrons. The maximum Gasteiger partial charge on any atom is 0.416 e. The number of aromatic nitrogens is 2. The molecule has 0 N–H and O–H groups in total. The van der Waals surface area contributed by atoms with E-state index in [1.165, 1.54) is 18.9 Å². The highest BCUT2D eigenvalue weighted by molar-refractivity contribution is 5.54. The summed E-state index contributed by atoms with van der Waals surface area (Å²) in [5.74, 6) is 0.988. The molecule has 1 aliphatic heterocycles. The Hall–Kier alpha value is -1.89. The van der Waals surface area contributed by atoms with Crippen LogP contribution in [0.1, 0.15) is 43.0 Å². The molecule has 1 aromatic heterocycles. The molecule has 0 bridgehead atoms. The van der Waals surface area contributed by atoms with Gasteiger partial charge in [0.05, 0.1) is 5.56 Å². The summed E-state index contributed by atoms with van der Waals surface area (Å²) in [4.78, 5) is 6.85. The Morgan fingerprint density at radius 2 is 1.83 bits per heavy atom. The summed E-state index contributed by atoms with van der Waals surface area (Å²) >= 11 is 0. The van der Waals surface area contributed by atoms with Crippen molar-refractivity contribution in [3.05, 3.63) is 35.7 Å². The van der Waals surface area contributed by atoms with Crippen LogP contribution in [-0.4, -0.2) is 34.2 Å². The molecule has 0 unspecified atom stereocenters. The normalized spacial score (nSPS) is 20.5. The molecule has 0 atom stereocenters. The van der Waals surface area contributed by atoms with E-state index in [1.807, 2.05) is 0 Å². The fraction of sp³-hybridized carbons (Fsp3) is 0.529. The van der Waals surface area contributed by atoms with E-state index in [-0.39, 0.29) is 11.8 Å². The van der Waals surface area contributed by atoms with E-state index < -0.39 is 11.7 Å². The number of rotatable bonds is 3. The van der Waals surface area contributed by atoms with E-state index in [0.29, 0.717) is 11.4 Å². The molecule has 4 nitrogen and oxygen atoms in total. The Labute approximate surface area is 137 Å². The fourth-order valence-corrected chi connectivity index (χ4v) is 3.31. The molecular weight excluding hydrogens is 319 g/mol. The van der Waals surface area contributed by atoms with Crippen molar-refractivity contribution in [1.82, 2.24) is 15.0 Å². The first kappa shape index (κ1) is 15.6. The summed E-state index contributed by atoms with van der Waals surface area (Å²) in [5.41, 5.74) is -0.406. The summed E-state index contributed by atoms with van der Waals surface area (Å²) in [6.45, 7) is 2.06. The molecule has 7 heteroatoms. The van der Waals surface area contributed by atoms with Gasteiger partial charge in [-0.05, 0) is 57.0 Å². The van der Waals surface area contributed by atoms with Gasteiger partial charge in [0.1, 0.15) is 0 Å². The highest BCUT2D eigenvalue weighted by atomic mass is 19.4. The van der Waals surface area contributed by atoms with Gasteiger partial charge in [0.2, 0.25) is 0 Å². The van der Waals surface area contributed by atoms with E-state index in [2.05, 4.69) is 15.0 Å². The van der Waals surface area contributed by atoms with E-state index in [9.17, 15) is 13.2 Å². The number of likely N-dealkylation sites (tertiary alicyclic amines) is 1. The lowest BCUT2D eigenvalue weighted by atomic mass is 9.96. The Morgan fingerprint density at radius 1 is 1.08 bits per heavy atom. The van der Waals surface area contributed by atoms with Crippen LogP contribution in [0.4, 0.5) is 13.2 Å². The van der Waals surface area contributed by atoms with Gasteiger partial charge in [0.25, 0.3) is 5.89 Å². The second-order valence-electron chi connectivity index (χ2n) is 6.58. The SMILES string of the molecule is FC(F)(F)c1cccc(-c2nc(C3CCN(C4CC4)CC3)no2)c1. The predicted molar refractivity (Wildman–Crippen MR) is 81.3 cm³/mol. The van der Waals surface area contributed by atoms with Crippen molar-refractivity contribution < 1.29 is 17.7 Å². The van der Waals surface area contributed by atoms with Crippen molar-refractivity contribution in [3.63, 3.8) is 0 Å². The average Bonchev–Trinajstić information content (AvgIpc) is 3.31. The highest BCUT2D eigenvalue weighted by Crippen LogP contribution is 2.35. The van der Waals surface area contributed by atoms with E-state index in [1.54, 1.807) is 6.07 Å². The molecule has 1 saturated heterocycles. The number of benzene rings is 1. The van der Waals surface area contributed by atoms with E-state index >= 15 is 0 Å². The summed E-state index contributed by atoms with van der Waals surface area (Å²) in [6, 6.07) is 5.76. The van der Waals surface area contributed by atoms with Gasteiger partial charge in [-0.15, -0.1) is 0 Å². The molecule has 0 amide bonds. The third-order valence-corrected chi connectivity index (χ3v) is 4.84. The maximum atomic E-state index is 12.8. The van der Waals surface area contributed by atoms with Crippen LogP contribution in [0, 0.1) is 0 Å². The third-order valence-electron chi connectivity index (χ3n) is 4.84. The Balaban J connectivity index is 1.49. The molecule has 1 saturated carbocycles. The number of piperidine rings is 1. The summed E-state index contributed by atoms with van der Waals surface area (Å²) < 4.78 is 43.7. The largest absolute Gasteiger partial charge is 0.416 e. The lowest BCUT2D eigenvalue weighted by Crippen LogP contribution is -2.34. The maximum absolute atomic E-state index is 12.8. The van der Waals surface area contributed by atoms with Crippen molar-refractivity contribution in [2.45, 2.75) is 43.8 Å². The minimum Gasteiger partial charge on any atom is -0.334 e. The molecule has 2 aliphatic rings. The summed E-state index contributed by atoms with van der Waals surface area (Å²) in [5, 5.41) is 4.01. The first-order valence-electron chi connectivity index (χ1n) is 8.26. The lowest BCUT2D eigenvalue weighted by Gasteiger charge is -2.30. The predicted octanol–water partition coefficient (Wildman–Crippen LogP) is 4.10. The van der Waals surface area contributed by atoms with Gasteiger partial charge in [-0.25, -0.2) is 0 Å². The molecule has 128 valence electrons. The fourth-order valence-electron chi connectivity index (χ4n) is 3.31. The molecule has 2 fully saturated rings. The van der Waals surface area contributed by atoms with Crippen LogP contribution in [0.15, 0.2) is 28.8 Å². The number of hydrogen-bond donors (Lipinski definition) is 0. The Kier molecular flexibility index (Phi) is 3.83. The highest BCUT2D eigenvalue weighted by Gasteiger charge is 2.34. The van der Waals surface area contributed by atoms with Gasteiger partial charge in [0.15, 0.2) is 5.82 Å². The van der Waals surface area contributed by atoms with Crippen LogP contribution < -0.4 is 0 Å². The monoisotopic (exact) mass is 337 g/mol. The standard InChI is InChI=1S/C17H18F3N3O/c18-17(19,20)13-3-1-2-12(10-13)16-21-15(22-24-16)11-6-8-23(9-7-11)14-4-5-14/h1-3,10-11,14H,4-9H2. The number of hydrogen-bond acceptors (Lipinski definition) is 4. The quantitative estimate of drug-likeness (QED) is 0.846. The van der Waals surface area contributed by atoms with E-state index in [0.717, 1.165) is 44.1 Å². The minimum atomic E-state index is -4.38. The van der Waals surface area contributed by atoms with Crippen molar-refractivity contribution >= 4 is 0 Å². The van der Waals surface area contributed by atoms with Crippen molar-refractivity contribution in [3.8, 4) is 11.5 Å². The molecular formula is C17H18F3N3O. The smallest absolute Gasteiger partial charge is 0.334 e. The van der Waals surface area contributed by atoms with Crippen molar-refractivity contribution in [2.75, 3.05) is 13.1 Å². The topological polar surface area (TPSA) is 42.2 Å².